The lowest BCUT2D eigenvalue weighted by Crippen LogP contribution is -2.12. The number of nitrogens with zero attached hydrogens (tertiary/aromatic N) is 2. The number of hydrogen-bond acceptors (Lipinski definition) is 2. The summed E-state index contributed by atoms with van der Waals surface area (Å²) >= 11 is 3.52. The monoisotopic (exact) mass is 307 g/mol. The Morgan fingerprint density at radius 3 is 2.83 bits per heavy atom. The van der Waals surface area contributed by atoms with Crippen molar-refractivity contribution in [3.05, 3.63) is 40.0 Å². The zero-order valence-electron chi connectivity index (χ0n) is 11.0. The van der Waals surface area contributed by atoms with Crippen LogP contribution in [0.5, 0.6) is 0 Å². The van der Waals surface area contributed by atoms with E-state index < -0.39 is 0 Å². The summed E-state index contributed by atoms with van der Waals surface area (Å²) in [5, 5.41) is 7.77. The molecule has 3 nitrogen and oxygen atoms in total. The molecule has 0 aliphatic carbocycles. The summed E-state index contributed by atoms with van der Waals surface area (Å²) in [5.74, 6) is 0. The van der Waals surface area contributed by atoms with E-state index in [1.807, 2.05) is 18.8 Å². The second kappa shape index (κ2) is 5.67. The van der Waals surface area contributed by atoms with Crippen LogP contribution >= 0.6 is 15.9 Å². The molecule has 0 atom stereocenters. The minimum absolute atomic E-state index is 0.969. The lowest BCUT2D eigenvalue weighted by atomic mass is 10.1. The van der Waals surface area contributed by atoms with Crippen molar-refractivity contribution in [3.63, 3.8) is 0 Å². The Morgan fingerprint density at radius 1 is 1.33 bits per heavy atom. The first-order valence-electron chi connectivity index (χ1n) is 6.06. The number of likely N-dealkylation sites (N-methyl/N-ethyl adjacent to an activating group) is 1. The Bertz CT molecular complexity index is 546. The van der Waals surface area contributed by atoms with Gasteiger partial charge in [0.1, 0.15) is 0 Å². The van der Waals surface area contributed by atoms with Gasteiger partial charge in [-0.2, -0.15) is 5.10 Å². The number of hydrogen-bond donors (Lipinski definition) is 1. The molecule has 0 amide bonds. The number of aryl methyl sites for hydroxylation is 2. The van der Waals surface area contributed by atoms with Crippen molar-refractivity contribution in [3.8, 4) is 11.3 Å². The van der Waals surface area contributed by atoms with Crippen molar-refractivity contribution in [2.75, 3.05) is 13.6 Å². The van der Waals surface area contributed by atoms with Crippen LogP contribution in [0.4, 0.5) is 0 Å². The molecular formula is C14H18BrN3. The molecule has 1 N–H and O–H groups in total. The highest BCUT2D eigenvalue weighted by molar-refractivity contribution is 9.10. The van der Waals surface area contributed by atoms with Crippen LogP contribution in [0.15, 0.2) is 28.7 Å². The van der Waals surface area contributed by atoms with Crippen LogP contribution in [0.3, 0.4) is 0 Å². The van der Waals surface area contributed by atoms with E-state index in [1.54, 1.807) is 0 Å². The topological polar surface area (TPSA) is 29.9 Å². The molecule has 0 spiro atoms. The lowest BCUT2D eigenvalue weighted by Gasteiger charge is -2.02. The molecule has 0 saturated heterocycles. The van der Waals surface area contributed by atoms with Crippen molar-refractivity contribution < 1.29 is 0 Å². The van der Waals surface area contributed by atoms with Crippen LogP contribution in [0.1, 0.15) is 11.3 Å². The summed E-state index contributed by atoms with van der Waals surface area (Å²) in [4.78, 5) is 0. The maximum atomic E-state index is 4.60. The van der Waals surface area contributed by atoms with Gasteiger partial charge >= 0.3 is 0 Å². The van der Waals surface area contributed by atoms with Gasteiger partial charge in [0.05, 0.1) is 5.69 Å². The smallest absolute Gasteiger partial charge is 0.0929 e. The quantitative estimate of drug-likeness (QED) is 0.941. The first-order chi connectivity index (χ1) is 8.61. The molecule has 0 radical (unpaired) electrons. The van der Waals surface area contributed by atoms with Gasteiger partial charge in [-0.1, -0.05) is 22.0 Å². The standard InChI is InChI=1S/C14H18BrN3/c1-10-4-5-11(15)8-13(10)14-9-12(6-7-16-2)18(3)17-14/h4-5,8-9,16H,6-7H2,1-3H3. The first-order valence-corrected chi connectivity index (χ1v) is 6.85. The van der Waals surface area contributed by atoms with Gasteiger partial charge in [0.15, 0.2) is 0 Å². The van der Waals surface area contributed by atoms with Crippen LogP contribution in [0, 0.1) is 6.92 Å². The van der Waals surface area contributed by atoms with Gasteiger partial charge in [-0.15, -0.1) is 0 Å². The third kappa shape index (κ3) is 2.82. The minimum atomic E-state index is 0.969. The molecule has 4 heteroatoms. The van der Waals surface area contributed by atoms with Crippen LogP contribution < -0.4 is 5.32 Å². The first kappa shape index (κ1) is 13.3. The van der Waals surface area contributed by atoms with E-state index in [2.05, 4.69) is 57.5 Å². The Labute approximate surface area is 116 Å². The fourth-order valence-corrected chi connectivity index (χ4v) is 2.36. The van der Waals surface area contributed by atoms with Gasteiger partial charge in [-0.05, 0) is 37.7 Å². The fourth-order valence-electron chi connectivity index (χ4n) is 1.99. The lowest BCUT2D eigenvalue weighted by molar-refractivity contribution is 0.682. The zero-order valence-corrected chi connectivity index (χ0v) is 12.6. The molecule has 1 aromatic heterocycles. The van der Waals surface area contributed by atoms with E-state index >= 15 is 0 Å². The number of benzene rings is 1. The van der Waals surface area contributed by atoms with E-state index in [0.717, 1.165) is 23.1 Å². The van der Waals surface area contributed by atoms with E-state index in [9.17, 15) is 0 Å². The molecule has 1 aromatic carbocycles. The normalized spacial score (nSPS) is 10.9. The van der Waals surface area contributed by atoms with Crippen molar-refractivity contribution in [2.45, 2.75) is 13.3 Å². The maximum Gasteiger partial charge on any atom is 0.0929 e. The van der Waals surface area contributed by atoms with Crippen molar-refractivity contribution >= 4 is 15.9 Å². The Balaban J connectivity index is 2.36. The zero-order chi connectivity index (χ0) is 13.1. The Kier molecular flexibility index (Phi) is 4.19. The molecule has 2 rings (SSSR count). The fraction of sp³-hybridized carbons (Fsp3) is 0.357. The molecule has 0 unspecified atom stereocenters. The highest BCUT2D eigenvalue weighted by Crippen LogP contribution is 2.26. The van der Waals surface area contributed by atoms with Gasteiger partial charge < -0.3 is 5.32 Å². The number of rotatable bonds is 4. The molecule has 1 heterocycles. The second-order valence-electron chi connectivity index (χ2n) is 4.46. The SMILES string of the molecule is CNCCc1cc(-c2cc(Br)ccc2C)nn1C. The maximum absolute atomic E-state index is 4.60. The highest BCUT2D eigenvalue weighted by Gasteiger charge is 2.09. The molecular weight excluding hydrogens is 290 g/mol. The van der Waals surface area contributed by atoms with Gasteiger partial charge in [0, 0.05) is 35.7 Å². The van der Waals surface area contributed by atoms with E-state index in [4.69, 9.17) is 0 Å². The van der Waals surface area contributed by atoms with E-state index in [-0.39, 0.29) is 0 Å². The molecule has 18 heavy (non-hydrogen) atoms. The summed E-state index contributed by atoms with van der Waals surface area (Å²) in [6.45, 7) is 3.08. The predicted molar refractivity (Wildman–Crippen MR) is 78.7 cm³/mol. The number of halogens is 1. The van der Waals surface area contributed by atoms with Crippen molar-refractivity contribution in [1.29, 1.82) is 0 Å². The van der Waals surface area contributed by atoms with Crippen LogP contribution in [0.2, 0.25) is 0 Å². The van der Waals surface area contributed by atoms with E-state index in [1.165, 1.54) is 16.8 Å². The average molecular weight is 308 g/mol. The Hall–Kier alpha value is -1.13. The molecule has 0 aliphatic heterocycles. The van der Waals surface area contributed by atoms with Crippen molar-refractivity contribution in [1.82, 2.24) is 15.1 Å². The summed E-state index contributed by atoms with van der Waals surface area (Å²) in [5.41, 5.74) is 4.73. The van der Waals surface area contributed by atoms with Gasteiger partial charge in [0.25, 0.3) is 0 Å². The molecule has 0 bridgehead atoms. The molecule has 0 fully saturated rings. The summed E-state index contributed by atoms with van der Waals surface area (Å²) in [6, 6.07) is 8.47. The van der Waals surface area contributed by atoms with E-state index in [0.29, 0.717) is 0 Å². The average Bonchev–Trinajstić information content (AvgIpc) is 2.71. The largest absolute Gasteiger partial charge is 0.319 e. The summed E-state index contributed by atoms with van der Waals surface area (Å²) < 4.78 is 3.05. The van der Waals surface area contributed by atoms with Crippen LogP contribution in [-0.4, -0.2) is 23.4 Å². The number of aromatic nitrogens is 2. The molecule has 0 saturated carbocycles. The molecule has 2 aromatic rings. The van der Waals surface area contributed by atoms with Crippen LogP contribution in [-0.2, 0) is 13.5 Å². The van der Waals surface area contributed by atoms with Gasteiger partial charge in [-0.25, -0.2) is 0 Å². The second-order valence-corrected chi connectivity index (χ2v) is 5.37. The minimum Gasteiger partial charge on any atom is -0.319 e. The van der Waals surface area contributed by atoms with Crippen LogP contribution in [0.25, 0.3) is 11.3 Å². The summed E-state index contributed by atoms with van der Waals surface area (Å²) in [7, 11) is 3.97. The van der Waals surface area contributed by atoms with Gasteiger partial charge in [-0.3, -0.25) is 4.68 Å². The highest BCUT2D eigenvalue weighted by atomic mass is 79.9. The predicted octanol–water partition coefficient (Wildman–Crippen LogP) is 2.92. The molecule has 96 valence electrons. The summed E-state index contributed by atoms with van der Waals surface area (Å²) in [6.07, 6.45) is 0.993. The Morgan fingerprint density at radius 2 is 2.11 bits per heavy atom. The third-order valence-corrected chi connectivity index (χ3v) is 3.58. The molecule has 0 aliphatic rings. The third-order valence-electron chi connectivity index (χ3n) is 3.08. The number of nitrogens with one attached hydrogen (secondary N) is 1. The van der Waals surface area contributed by atoms with Crippen molar-refractivity contribution in [2.24, 2.45) is 7.05 Å². The van der Waals surface area contributed by atoms with Gasteiger partial charge in [0.2, 0.25) is 0 Å².